The maximum atomic E-state index is 12.8. The summed E-state index contributed by atoms with van der Waals surface area (Å²) in [4.78, 5) is 35.2. The molecule has 0 aromatic carbocycles. The van der Waals surface area contributed by atoms with Crippen molar-refractivity contribution >= 4 is 11.8 Å². The zero-order valence-corrected chi connectivity index (χ0v) is 16.8. The lowest BCUT2D eigenvalue weighted by Gasteiger charge is -2.33. The number of nitrogens with zero attached hydrogens (tertiary/aromatic N) is 4. The molecule has 2 aliphatic rings. The molecule has 154 valence electrons. The van der Waals surface area contributed by atoms with Crippen LogP contribution in [0.1, 0.15) is 55.9 Å². The van der Waals surface area contributed by atoms with Crippen LogP contribution in [0.5, 0.6) is 0 Å². The van der Waals surface area contributed by atoms with Crippen molar-refractivity contribution < 1.29 is 9.59 Å². The van der Waals surface area contributed by atoms with Crippen LogP contribution >= 0.6 is 0 Å². The topological polar surface area (TPSA) is 104 Å². The predicted octanol–water partition coefficient (Wildman–Crippen LogP) is 2.41. The lowest BCUT2D eigenvalue weighted by molar-refractivity contribution is -0.127. The van der Waals surface area contributed by atoms with Gasteiger partial charge in [-0.05, 0) is 56.6 Å². The molecule has 0 radical (unpaired) electrons. The summed E-state index contributed by atoms with van der Waals surface area (Å²) in [7, 11) is 0. The molecular weight excluding hydrogens is 368 g/mol. The minimum atomic E-state index is -0.0852. The number of carbonyl (C=O) groups is 2. The van der Waals surface area contributed by atoms with Gasteiger partial charge in [0.25, 0.3) is 5.91 Å². The van der Waals surface area contributed by atoms with Gasteiger partial charge in [0.15, 0.2) is 0 Å². The van der Waals surface area contributed by atoms with E-state index in [-0.39, 0.29) is 17.7 Å². The second-order valence-electron chi connectivity index (χ2n) is 8.29. The first-order valence-corrected chi connectivity index (χ1v) is 10.5. The van der Waals surface area contributed by atoms with Crippen LogP contribution < -0.4 is 5.32 Å². The molecule has 1 aliphatic heterocycles. The van der Waals surface area contributed by atoms with Crippen LogP contribution in [0.4, 0.5) is 0 Å². The predicted molar refractivity (Wildman–Crippen MR) is 108 cm³/mol. The van der Waals surface area contributed by atoms with E-state index in [4.69, 9.17) is 0 Å². The minimum absolute atomic E-state index is 0.00301. The summed E-state index contributed by atoms with van der Waals surface area (Å²) in [6.07, 6.45) is 9.05. The molecule has 0 spiro atoms. The van der Waals surface area contributed by atoms with E-state index in [0.29, 0.717) is 49.1 Å². The molecule has 0 unspecified atom stereocenters. The normalized spacial score (nSPS) is 23.0. The van der Waals surface area contributed by atoms with Gasteiger partial charge in [0.2, 0.25) is 5.91 Å². The highest BCUT2D eigenvalue weighted by Crippen LogP contribution is 2.25. The van der Waals surface area contributed by atoms with Crippen LogP contribution in [-0.2, 0) is 4.79 Å². The molecule has 1 saturated heterocycles. The maximum Gasteiger partial charge on any atom is 0.271 e. The largest absolute Gasteiger partial charge is 0.353 e. The number of piperidine rings is 1. The van der Waals surface area contributed by atoms with Gasteiger partial charge in [0, 0.05) is 31.2 Å². The van der Waals surface area contributed by atoms with Gasteiger partial charge in [-0.25, -0.2) is 9.97 Å². The molecule has 1 saturated carbocycles. The number of rotatable bonds is 4. The van der Waals surface area contributed by atoms with Crippen LogP contribution in [0.25, 0.3) is 11.4 Å². The Morgan fingerprint density at radius 3 is 2.55 bits per heavy atom. The average molecular weight is 396 g/mol. The number of aromatic amines is 1. The molecule has 8 nitrogen and oxygen atoms in total. The first-order chi connectivity index (χ1) is 14.1. The Hall–Kier alpha value is -2.77. The fourth-order valence-corrected chi connectivity index (χ4v) is 4.24. The van der Waals surface area contributed by atoms with Crippen LogP contribution in [0.2, 0.25) is 0 Å². The van der Waals surface area contributed by atoms with Crippen molar-refractivity contribution in [2.45, 2.75) is 51.5 Å². The van der Waals surface area contributed by atoms with Crippen molar-refractivity contribution in [3.05, 3.63) is 30.4 Å². The summed E-state index contributed by atoms with van der Waals surface area (Å²) in [5.41, 5.74) is 1.73. The molecule has 29 heavy (non-hydrogen) atoms. The first-order valence-electron chi connectivity index (χ1n) is 10.5. The van der Waals surface area contributed by atoms with E-state index in [2.05, 4.69) is 32.4 Å². The SMILES string of the molecule is CC1CCC(NC(=O)C2CCN(C(=O)c3cc(-c4ccncn4)n[nH]3)CC2)CC1. The summed E-state index contributed by atoms with van der Waals surface area (Å²) in [5, 5.41) is 10.2. The van der Waals surface area contributed by atoms with Gasteiger partial charge in [-0.2, -0.15) is 5.10 Å². The quantitative estimate of drug-likeness (QED) is 0.826. The second-order valence-corrected chi connectivity index (χ2v) is 8.29. The minimum Gasteiger partial charge on any atom is -0.353 e. The van der Waals surface area contributed by atoms with Crippen LogP contribution in [-0.4, -0.2) is 56.0 Å². The van der Waals surface area contributed by atoms with E-state index in [0.717, 1.165) is 18.8 Å². The highest BCUT2D eigenvalue weighted by molar-refractivity contribution is 5.93. The fraction of sp³-hybridized carbons (Fsp3) is 0.571. The van der Waals surface area contributed by atoms with E-state index in [1.807, 2.05) is 0 Å². The molecular formula is C21H28N6O2. The van der Waals surface area contributed by atoms with E-state index in [1.54, 1.807) is 23.2 Å². The van der Waals surface area contributed by atoms with Crippen LogP contribution in [0, 0.1) is 11.8 Å². The van der Waals surface area contributed by atoms with Gasteiger partial charge in [-0.15, -0.1) is 0 Å². The molecule has 2 amide bonds. The van der Waals surface area contributed by atoms with Crippen LogP contribution in [0.3, 0.4) is 0 Å². The second kappa shape index (κ2) is 8.71. The Morgan fingerprint density at radius 2 is 1.86 bits per heavy atom. The molecule has 0 atom stereocenters. The van der Waals surface area contributed by atoms with Crippen molar-refractivity contribution in [1.82, 2.24) is 30.4 Å². The van der Waals surface area contributed by atoms with Gasteiger partial charge in [0.05, 0.1) is 5.69 Å². The number of nitrogens with one attached hydrogen (secondary N) is 2. The summed E-state index contributed by atoms with van der Waals surface area (Å²) >= 11 is 0. The zero-order valence-electron chi connectivity index (χ0n) is 16.8. The summed E-state index contributed by atoms with van der Waals surface area (Å²) < 4.78 is 0. The number of amides is 2. The molecule has 4 rings (SSSR count). The molecule has 3 heterocycles. The van der Waals surface area contributed by atoms with E-state index in [1.165, 1.54) is 19.2 Å². The average Bonchev–Trinajstić information content (AvgIpc) is 3.26. The summed E-state index contributed by atoms with van der Waals surface area (Å²) in [6.45, 7) is 3.45. The highest BCUT2D eigenvalue weighted by atomic mass is 16.2. The van der Waals surface area contributed by atoms with Gasteiger partial charge in [-0.1, -0.05) is 6.92 Å². The molecule has 2 N–H and O–H groups in total. The number of hydrogen-bond acceptors (Lipinski definition) is 5. The van der Waals surface area contributed by atoms with Crippen molar-refractivity contribution in [3.8, 4) is 11.4 Å². The van der Waals surface area contributed by atoms with Gasteiger partial charge >= 0.3 is 0 Å². The Morgan fingerprint density at radius 1 is 1.10 bits per heavy atom. The zero-order chi connectivity index (χ0) is 20.2. The monoisotopic (exact) mass is 396 g/mol. The van der Waals surface area contributed by atoms with E-state index in [9.17, 15) is 9.59 Å². The Labute approximate surface area is 170 Å². The Bertz CT molecular complexity index is 836. The van der Waals surface area contributed by atoms with Crippen molar-refractivity contribution in [3.63, 3.8) is 0 Å². The highest BCUT2D eigenvalue weighted by Gasteiger charge is 2.30. The molecule has 8 heteroatoms. The molecule has 1 aliphatic carbocycles. The third-order valence-corrected chi connectivity index (χ3v) is 6.17. The molecule has 2 aromatic rings. The fourth-order valence-electron chi connectivity index (χ4n) is 4.24. The summed E-state index contributed by atoms with van der Waals surface area (Å²) in [5.74, 6) is 0.841. The van der Waals surface area contributed by atoms with E-state index >= 15 is 0 Å². The van der Waals surface area contributed by atoms with Crippen LogP contribution in [0.15, 0.2) is 24.7 Å². The number of hydrogen-bond donors (Lipinski definition) is 2. The molecule has 0 bridgehead atoms. The third-order valence-electron chi connectivity index (χ3n) is 6.17. The Balaban J connectivity index is 1.28. The van der Waals surface area contributed by atoms with Crippen molar-refractivity contribution in [1.29, 1.82) is 0 Å². The Kier molecular flexibility index (Phi) is 5.87. The van der Waals surface area contributed by atoms with Gasteiger partial charge in [0.1, 0.15) is 17.7 Å². The lowest BCUT2D eigenvalue weighted by atomic mass is 9.86. The maximum absolute atomic E-state index is 12.8. The van der Waals surface area contributed by atoms with Gasteiger partial charge < -0.3 is 10.2 Å². The third kappa shape index (κ3) is 4.63. The summed E-state index contributed by atoms with van der Waals surface area (Å²) in [6, 6.07) is 3.79. The first kappa shape index (κ1) is 19.5. The van der Waals surface area contributed by atoms with Crippen molar-refractivity contribution in [2.24, 2.45) is 11.8 Å². The standard InChI is InChI=1S/C21H28N6O2/c1-14-2-4-16(5-3-14)24-20(28)15-7-10-27(11-8-15)21(29)19-12-18(25-26-19)17-6-9-22-13-23-17/h6,9,12-16H,2-5,7-8,10-11H2,1H3,(H,24,28)(H,25,26). The van der Waals surface area contributed by atoms with E-state index < -0.39 is 0 Å². The number of aromatic nitrogens is 4. The van der Waals surface area contributed by atoms with Crippen molar-refractivity contribution in [2.75, 3.05) is 13.1 Å². The number of H-pyrrole nitrogens is 1. The van der Waals surface area contributed by atoms with Gasteiger partial charge in [-0.3, -0.25) is 14.7 Å². The number of likely N-dealkylation sites (tertiary alicyclic amines) is 1. The number of carbonyl (C=O) groups excluding carboxylic acids is 2. The molecule has 2 aromatic heterocycles. The smallest absolute Gasteiger partial charge is 0.271 e. The lowest BCUT2D eigenvalue weighted by Crippen LogP contribution is -2.46. The molecule has 2 fully saturated rings.